The number of carbonyl (C=O) groups excluding carboxylic acids is 1. The van der Waals surface area contributed by atoms with Gasteiger partial charge in [0, 0.05) is 25.8 Å². The molecule has 24 heavy (non-hydrogen) atoms. The van der Waals surface area contributed by atoms with Crippen molar-refractivity contribution in [2.45, 2.75) is 6.42 Å². The Morgan fingerprint density at radius 1 is 1.29 bits per heavy atom. The van der Waals surface area contributed by atoms with Gasteiger partial charge in [-0.15, -0.1) is 11.3 Å². The maximum Gasteiger partial charge on any atom is 0.313 e. The highest BCUT2D eigenvalue weighted by atomic mass is 32.1. The molecule has 1 aliphatic heterocycles. The Labute approximate surface area is 144 Å². The fraction of sp³-hybridized carbons (Fsp3) is 0.333. The van der Waals surface area contributed by atoms with Gasteiger partial charge >= 0.3 is 5.97 Å². The lowest BCUT2D eigenvalue weighted by Crippen LogP contribution is -2.40. The first-order valence-electron chi connectivity index (χ1n) is 7.72. The summed E-state index contributed by atoms with van der Waals surface area (Å²) in [5.41, 5.74) is 0.877. The quantitative estimate of drug-likeness (QED) is 0.905. The van der Waals surface area contributed by atoms with Gasteiger partial charge in [0.05, 0.1) is 11.5 Å². The topological polar surface area (TPSA) is 66.8 Å². The zero-order valence-corrected chi connectivity index (χ0v) is 14.2. The van der Waals surface area contributed by atoms with Crippen LogP contribution in [0.25, 0.3) is 11.1 Å². The molecule has 0 saturated carbocycles. The number of rotatable bonds is 5. The smallest absolute Gasteiger partial charge is 0.313 e. The van der Waals surface area contributed by atoms with Gasteiger partial charge in [-0.05, 0) is 23.4 Å². The van der Waals surface area contributed by atoms with Crippen LogP contribution in [-0.2, 0) is 9.53 Å². The first-order valence-corrected chi connectivity index (χ1v) is 8.60. The summed E-state index contributed by atoms with van der Waals surface area (Å²) in [7, 11) is 1.49. The number of hydrogen-bond acceptors (Lipinski definition) is 4. The average molecular weight is 345 g/mol. The van der Waals surface area contributed by atoms with E-state index in [0.717, 1.165) is 11.1 Å². The van der Waals surface area contributed by atoms with Crippen LogP contribution in [-0.4, -0.2) is 48.7 Å². The van der Waals surface area contributed by atoms with Crippen molar-refractivity contribution in [2.75, 3.05) is 26.8 Å². The number of amides is 1. The van der Waals surface area contributed by atoms with Crippen LogP contribution in [0.15, 0.2) is 41.8 Å². The molecule has 1 N–H and O–H groups in total. The number of benzene rings is 1. The second-order valence-corrected chi connectivity index (χ2v) is 6.94. The van der Waals surface area contributed by atoms with E-state index in [2.05, 4.69) is 0 Å². The summed E-state index contributed by atoms with van der Waals surface area (Å²) in [6.45, 7) is 0.726. The first-order chi connectivity index (χ1) is 11.6. The van der Waals surface area contributed by atoms with Crippen LogP contribution >= 0.6 is 11.3 Å². The van der Waals surface area contributed by atoms with Crippen molar-refractivity contribution in [1.82, 2.24) is 4.90 Å². The number of ether oxygens (including phenoxy) is 1. The molecule has 126 valence electrons. The Morgan fingerprint density at radius 2 is 2.04 bits per heavy atom. The molecule has 1 aliphatic rings. The number of carboxylic acids is 1. The van der Waals surface area contributed by atoms with Gasteiger partial charge in [-0.3, -0.25) is 9.59 Å². The van der Waals surface area contributed by atoms with Crippen LogP contribution in [0.1, 0.15) is 16.1 Å². The van der Waals surface area contributed by atoms with E-state index in [0.29, 0.717) is 17.8 Å². The third-order valence-electron chi connectivity index (χ3n) is 4.46. The van der Waals surface area contributed by atoms with E-state index in [-0.39, 0.29) is 19.1 Å². The lowest BCUT2D eigenvalue weighted by molar-refractivity contribution is -0.151. The lowest BCUT2D eigenvalue weighted by atomic mass is 9.88. The summed E-state index contributed by atoms with van der Waals surface area (Å²) in [6.07, 6.45) is 0.411. The van der Waals surface area contributed by atoms with Gasteiger partial charge in [-0.2, -0.15) is 0 Å². The van der Waals surface area contributed by atoms with Crippen molar-refractivity contribution < 1.29 is 19.4 Å². The number of thiophene rings is 1. The Morgan fingerprint density at radius 3 is 2.71 bits per heavy atom. The first kappa shape index (κ1) is 16.7. The molecule has 1 fully saturated rings. The fourth-order valence-corrected chi connectivity index (χ4v) is 4.02. The molecule has 1 atom stereocenters. The monoisotopic (exact) mass is 345 g/mol. The van der Waals surface area contributed by atoms with Gasteiger partial charge in [0.1, 0.15) is 5.41 Å². The number of hydrogen-bond donors (Lipinski definition) is 1. The van der Waals surface area contributed by atoms with Crippen LogP contribution in [0.4, 0.5) is 0 Å². The molecule has 1 amide bonds. The van der Waals surface area contributed by atoms with Gasteiger partial charge in [0.2, 0.25) is 0 Å². The van der Waals surface area contributed by atoms with Crippen LogP contribution in [0.3, 0.4) is 0 Å². The minimum atomic E-state index is -1.01. The normalized spacial score (nSPS) is 20.3. The van der Waals surface area contributed by atoms with Gasteiger partial charge in [-0.1, -0.05) is 30.3 Å². The van der Waals surface area contributed by atoms with Crippen molar-refractivity contribution in [3.63, 3.8) is 0 Å². The maximum absolute atomic E-state index is 12.9. The van der Waals surface area contributed by atoms with Crippen LogP contribution < -0.4 is 0 Å². The van der Waals surface area contributed by atoms with Gasteiger partial charge < -0.3 is 14.7 Å². The number of carboxylic acid groups (broad SMARTS) is 1. The predicted octanol–water partition coefficient (Wildman–Crippen LogP) is 2.98. The minimum Gasteiger partial charge on any atom is -0.481 e. The van der Waals surface area contributed by atoms with Crippen molar-refractivity contribution in [2.24, 2.45) is 5.41 Å². The molecule has 6 heteroatoms. The Kier molecular flexibility index (Phi) is 4.69. The van der Waals surface area contributed by atoms with Crippen molar-refractivity contribution in [3.8, 4) is 11.1 Å². The molecule has 0 aliphatic carbocycles. The molecular weight excluding hydrogens is 326 g/mol. The van der Waals surface area contributed by atoms with Crippen LogP contribution in [0, 0.1) is 5.41 Å². The Bertz CT molecular complexity index is 742. The van der Waals surface area contributed by atoms with Crippen molar-refractivity contribution in [1.29, 1.82) is 0 Å². The summed E-state index contributed by atoms with van der Waals surface area (Å²) in [5, 5.41) is 11.4. The van der Waals surface area contributed by atoms with Gasteiger partial charge in [0.25, 0.3) is 5.91 Å². The van der Waals surface area contributed by atoms with E-state index in [4.69, 9.17) is 4.74 Å². The predicted molar refractivity (Wildman–Crippen MR) is 92.2 cm³/mol. The molecule has 2 aromatic rings. The van der Waals surface area contributed by atoms with Crippen LogP contribution in [0.5, 0.6) is 0 Å². The second-order valence-electron chi connectivity index (χ2n) is 6.02. The molecule has 1 saturated heterocycles. The van der Waals surface area contributed by atoms with Gasteiger partial charge in [0.15, 0.2) is 0 Å². The van der Waals surface area contributed by atoms with E-state index in [1.165, 1.54) is 18.4 Å². The Balaban J connectivity index is 1.84. The summed E-state index contributed by atoms with van der Waals surface area (Å²) in [4.78, 5) is 26.8. The fourth-order valence-electron chi connectivity index (χ4n) is 3.14. The lowest BCUT2D eigenvalue weighted by Gasteiger charge is -2.23. The van der Waals surface area contributed by atoms with E-state index in [1.54, 1.807) is 4.90 Å². The Hall–Kier alpha value is -2.18. The molecule has 1 aromatic carbocycles. The van der Waals surface area contributed by atoms with Gasteiger partial charge in [-0.25, -0.2) is 0 Å². The molecule has 1 unspecified atom stereocenters. The van der Waals surface area contributed by atoms with Crippen molar-refractivity contribution in [3.05, 3.63) is 46.7 Å². The molecular formula is C18H19NO4S. The molecule has 0 bridgehead atoms. The SMILES string of the molecule is COCC1(C(=O)O)CCN(C(=O)c2sccc2-c2ccccc2)C1. The average Bonchev–Trinajstić information content (AvgIpc) is 3.23. The van der Waals surface area contributed by atoms with E-state index >= 15 is 0 Å². The molecule has 2 heterocycles. The third kappa shape index (κ3) is 2.95. The summed E-state index contributed by atoms with van der Waals surface area (Å²) in [6, 6.07) is 11.7. The molecule has 1 aromatic heterocycles. The minimum absolute atomic E-state index is 0.108. The van der Waals surface area contributed by atoms with E-state index in [9.17, 15) is 14.7 Å². The summed E-state index contributed by atoms with van der Waals surface area (Å²) in [5.74, 6) is -1.02. The van der Waals surface area contributed by atoms with Crippen LogP contribution in [0.2, 0.25) is 0 Å². The number of aliphatic carboxylic acids is 1. The largest absolute Gasteiger partial charge is 0.481 e. The highest BCUT2D eigenvalue weighted by molar-refractivity contribution is 7.12. The second kappa shape index (κ2) is 6.75. The highest BCUT2D eigenvalue weighted by Crippen LogP contribution is 2.35. The number of methoxy groups -OCH3 is 1. The number of nitrogens with zero attached hydrogens (tertiary/aromatic N) is 1. The zero-order chi connectivity index (χ0) is 17.2. The highest BCUT2D eigenvalue weighted by Gasteiger charge is 2.46. The molecule has 0 spiro atoms. The third-order valence-corrected chi connectivity index (χ3v) is 5.36. The van der Waals surface area contributed by atoms with Crippen molar-refractivity contribution >= 4 is 23.2 Å². The maximum atomic E-state index is 12.9. The molecule has 3 rings (SSSR count). The number of carbonyl (C=O) groups is 2. The zero-order valence-electron chi connectivity index (χ0n) is 13.4. The summed E-state index contributed by atoms with van der Waals surface area (Å²) < 4.78 is 5.09. The van der Waals surface area contributed by atoms with E-state index < -0.39 is 11.4 Å². The molecule has 5 nitrogen and oxygen atoms in total. The number of likely N-dealkylation sites (tertiary alicyclic amines) is 1. The standard InChI is InChI=1S/C18H19NO4S/c1-23-12-18(17(21)22)8-9-19(11-18)16(20)15-14(7-10-24-15)13-5-3-2-4-6-13/h2-7,10H,8-9,11-12H2,1H3,(H,21,22). The molecule has 0 radical (unpaired) electrons. The van der Waals surface area contributed by atoms with E-state index in [1.807, 2.05) is 41.8 Å². The summed E-state index contributed by atoms with van der Waals surface area (Å²) >= 11 is 1.39.